The van der Waals surface area contributed by atoms with Gasteiger partial charge in [-0.15, -0.1) is 0 Å². The van der Waals surface area contributed by atoms with Crippen LogP contribution in [0.5, 0.6) is 0 Å². The first-order chi connectivity index (χ1) is 7.18. The van der Waals surface area contributed by atoms with E-state index < -0.39 is 12.0 Å². The maximum atomic E-state index is 10.3. The van der Waals surface area contributed by atoms with Gasteiger partial charge in [-0.05, 0) is 12.8 Å². The molecule has 0 radical (unpaired) electrons. The maximum absolute atomic E-state index is 10.3. The number of unbranched alkanes of at least 4 members (excludes halogenated alkanes) is 1. The average molecular weight is 219 g/mol. The standard InChI is InChI=1S/C10H21NO4/c1-2-3-5-14-7-8-15-6-4-9(11)10(12)13/h9H,2-8,11H2,1H3,(H,12,13). The van der Waals surface area contributed by atoms with Crippen LogP contribution in [-0.4, -0.2) is 43.5 Å². The summed E-state index contributed by atoms with van der Waals surface area (Å²) in [6, 6.07) is -0.828. The summed E-state index contributed by atoms with van der Waals surface area (Å²) in [5.41, 5.74) is 5.29. The first-order valence-corrected chi connectivity index (χ1v) is 5.32. The predicted molar refractivity (Wildman–Crippen MR) is 56.8 cm³/mol. The number of hydrogen-bond donors (Lipinski definition) is 2. The molecule has 1 atom stereocenters. The highest BCUT2D eigenvalue weighted by Crippen LogP contribution is 1.91. The third-order valence-electron chi connectivity index (χ3n) is 1.90. The summed E-state index contributed by atoms with van der Waals surface area (Å²) in [5, 5.41) is 8.48. The SMILES string of the molecule is CCCCOCCOCCC(N)C(=O)O. The molecule has 0 fully saturated rings. The van der Waals surface area contributed by atoms with Crippen molar-refractivity contribution in [3.63, 3.8) is 0 Å². The van der Waals surface area contributed by atoms with Gasteiger partial charge in [-0.3, -0.25) is 4.79 Å². The molecule has 5 nitrogen and oxygen atoms in total. The maximum Gasteiger partial charge on any atom is 0.320 e. The van der Waals surface area contributed by atoms with Gasteiger partial charge in [0.25, 0.3) is 0 Å². The molecule has 0 spiro atoms. The smallest absolute Gasteiger partial charge is 0.320 e. The first-order valence-electron chi connectivity index (χ1n) is 5.32. The number of hydrogen-bond acceptors (Lipinski definition) is 4. The lowest BCUT2D eigenvalue weighted by atomic mass is 10.2. The van der Waals surface area contributed by atoms with Crippen molar-refractivity contribution >= 4 is 5.97 Å². The van der Waals surface area contributed by atoms with Gasteiger partial charge in [0.2, 0.25) is 0 Å². The molecule has 0 aromatic carbocycles. The van der Waals surface area contributed by atoms with E-state index in [1.807, 2.05) is 0 Å². The lowest BCUT2D eigenvalue weighted by molar-refractivity contribution is -0.139. The third kappa shape index (κ3) is 9.65. The van der Waals surface area contributed by atoms with E-state index in [1.54, 1.807) is 0 Å². The molecule has 0 aliphatic rings. The Balaban J connectivity index is 3.08. The number of aliphatic carboxylic acids is 1. The van der Waals surface area contributed by atoms with Crippen LogP contribution in [0.2, 0.25) is 0 Å². The molecule has 5 heteroatoms. The van der Waals surface area contributed by atoms with Crippen molar-refractivity contribution in [1.82, 2.24) is 0 Å². The first kappa shape index (κ1) is 14.3. The minimum absolute atomic E-state index is 0.338. The van der Waals surface area contributed by atoms with Crippen LogP contribution in [0.4, 0.5) is 0 Å². The van der Waals surface area contributed by atoms with Gasteiger partial charge < -0.3 is 20.3 Å². The predicted octanol–water partition coefficient (Wildman–Crippen LogP) is 0.622. The Bertz CT molecular complexity index is 164. The highest BCUT2D eigenvalue weighted by molar-refractivity contribution is 5.72. The number of carboxylic acids is 1. The van der Waals surface area contributed by atoms with E-state index in [1.165, 1.54) is 0 Å². The number of carboxylic acid groups (broad SMARTS) is 1. The molecular formula is C10H21NO4. The van der Waals surface area contributed by atoms with Crippen LogP contribution < -0.4 is 5.73 Å². The second kappa shape index (κ2) is 9.89. The topological polar surface area (TPSA) is 81.8 Å². The Morgan fingerprint density at radius 3 is 2.40 bits per heavy atom. The monoisotopic (exact) mass is 219 g/mol. The van der Waals surface area contributed by atoms with Crippen molar-refractivity contribution in [2.75, 3.05) is 26.4 Å². The number of carbonyl (C=O) groups is 1. The summed E-state index contributed by atoms with van der Waals surface area (Å²) < 4.78 is 10.4. The lowest BCUT2D eigenvalue weighted by Crippen LogP contribution is -2.31. The Morgan fingerprint density at radius 2 is 1.87 bits per heavy atom. The van der Waals surface area contributed by atoms with Gasteiger partial charge >= 0.3 is 5.97 Å². The summed E-state index contributed by atoms with van der Waals surface area (Å²) >= 11 is 0. The number of ether oxygens (including phenoxy) is 2. The van der Waals surface area contributed by atoms with Crippen molar-refractivity contribution in [2.45, 2.75) is 32.2 Å². The van der Waals surface area contributed by atoms with E-state index in [0.717, 1.165) is 19.4 Å². The number of rotatable bonds is 10. The second-order valence-corrected chi connectivity index (χ2v) is 3.31. The average Bonchev–Trinajstić information content (AvgIpc) is 2.21. The van der Waals surface area contributed by atoms with Crippen LogP contribution in [0.25, 0.3) is 0 Å². The summed E-state index contributed by atoms with van der Waals surface area (Å²) in [7, 11) is 0. The van der Waals surface area contributed by atoms with Crippen LogP contribution in [0.15, 0.2) is 0 Å². The van der Waals surface area contributed by atoms with Crippen LogP contribution in [0.3, 0.4) is 0 Å². The molecule has 3 N–H and O–H groups in total. The Morgan fingerprint density at radius 1 is 1.27 bits per heavy atom. The van der Waals surface area contributed by atoms with Crippen molar-refractivity contribution in [3.05, 3.63) is 0 Å². The Labute approximate surface area is 90.5 Å². The molecule has 0 aliphatic carbocycles. The van der Waals surface area contributed by atoms with Crippen LogP contribution >= 0.6 is 0 Å². The van der Waals surface area contributed by atoms with Gasteiger partial charge in [0.1, 0.15) is 6.04 Å². The van der Waals surface area contributed by atoms with Crippen LogP contribution in [0, 0.1) is 0 Å². The van der Waals surface area contributed by atoms with Crippen molar-refractivity contribution < 1.29 is 19.4 Å². The fourth-order valence-corrected chi connectivity index (χ4v) is 0.902. The summed E-state index contributed by atoms with van der Waals surface area (Å²) in [4.78, 5) is 10.3. The van der Waals surface area contributed by atoms with Crippen molar-refractivity contribution in [1.29, 1.82) is 0 Å². The van der Waals surface area contributed by atoms with Gasteiger partial charge in [0.05, 0.1) is 13.2 Å². The van der Waals surface area contributed by atoms with Gasteiger partial charge in [0, 0.05) is 13.2 Å². The molecule has 0 saturated heterocycles. The molecule has 15 heavy (non-hydrogen) atoms. The fourth-order valence-electron chi connectivity index (χ4n) is 0.902. The largest absolute Gasteiger partial charge is 0.480 e. The Hall–Kier alpha value is -0.650. The minimum atomic E-state index is -0.988. The van der Waals surface area contributed by atoms with Crippen LogP contribution in [0.1, 0.15) is 26.2 Å². The Kier molecular flexibility index (Phi) is 9.46. The van der Waals surface area contributed by atoms with E-state index in [-0.39, 0.29) is 0 Å². The van der Waals surface area contributed by atoms with E-state index in [9.17, 15) is 4.79 Å². The van der Waals surface area contributed by atoms with Crippen LogP contribution in [-0.2, 0) is 14.3 Å². The highest BCUT2D eigenvalue weighted by atomic mass is 16.5. The quantitative estimate of drug-likeness (QED) is 0.526. The highest BCUT2D eigenvalue weighted by Gasteiger charge is 2.09. The molecule has 0 saturated carbocycles. The van der Waals surface area contributed by atoms with Gasteiger partial charge in [-0.2, -0.15) is 0 Å². The molecule has 0 bridgehead atoms. The zero-order valence-corrected chi connectivity index (χ0v) is 9.28. The molecule has 0 heterocycles. The molecule has 0 rings (SSSR count). The third-order valence-corrected chi connectivity index (χ3v) is 1.90. The number of nitrogens with two attached hydrogens (primary N) is 1. The second-order valence-electron chi connectivity index (χ2n) is 3.31. The minimum Gasteiger partial charge on any atom is -0.480 e. The zero-order valence-electron chi connectivity index (χ0n) is 9.28. The van der Waals surface area contributed by atoms with Gasteiger partial charge in [-0.25, -0.2) is 0 Å². The van der Waals surface area contributed by atoms with E-state index in [0.29, 0.717) is 26.2 Å². The van der Waals surface area contributed by atoms with E-state index >= 15 is 0 Å². The summed E-state index contributed by atoms with van der Waals surface area (Å²) in [6.45, 7) is 4.28. The van der Waals surface area contributed by atoms with E-state index in [2.05, 4.69) is 6.92 Å². The van der Waals surface area contributed by atoms with E-state index in [4.69, 9.17) is 20.3 Å². The van der Waals surface area contributed by atoms with Crippen molar-refractivity contribution in [3.8, 4) is 0 Å². The van der Waals surface area contributed by atoms with Gasteiger partial charge in [-0.1, -0.05) is 13.3 Å². The summed E-state index contributed by atoms with van der Waals surface area (Å²) in [6.07, 6.45) is 2.52. The molecule has 0 aromatic heterocycles. The van der Waals surface area contributed by atoms with Crippen molar-refractivity contribution in [2.24, 2.45) is 5.73 Å². The summed E-state index contributed by atoms with van der Waals surface area (Å²) in [5.74, 6) is -0.988. The normalized spacial score (nSPS) is 12.7. The zero-order chi connectivity index (χ0) is 11.5. The molecule has 0 amide bonds. The molecule has 0 aliphatic heterocycles. The molecular weight excluding hydrogens is 198 g/mol. The molecule has 0 aromatic rings. The lowest BCUT2D eigenvalue weighted by Gasteiger charge is -2.07. The molecule has 90 valence electrons. The molecule has 1 unspecified atom stereocenters. The fraction of sp³-hybridized carbons (Fsp3) is 0.900. The van der Waals surface area contributed by atoms with Gasteiger partial charge in [0.15, 0.2) is 0 Å².